The summed E-state index contributed by atoms with van der Waals surface area (Å²) in [7, 11) is 6.79. The van der Waals surface area contributed by atoms with Gasteiger partial charge in [-0.3, -0.25) is 38.8 Å². The molecule has 4 heterocycles. The van der Waals surface area contributed by atoms with Crippen LogP contribution in [0.2, 0.25) is 0 Å². The van der Waals surface area contributed by atoms with E-state index < -0.39 is 41.2 Å². The van der Waals surface area contributed by atoms with Crippen LogP contribution in [-0.4, -0.2) is 133 Å². The Bertz CT molecular complexity index is 4240. The third kappa shape index (κ3) is 12.2. The van der Waals surface area contributed by atoms with Gasteiger partial charge in [-0.05, 0) is 248 Å². The standard InChI is InChI=1S/C24H28FN3O2.2C19H23BrFN3O2.C18H22BrN3O/c1-15(25)30-19-9-11-23(12-10-19)14-18-8-7-17(6-5-16-3-4-16)13-20(18)24(23)21(29)28(2)22(26)27-24;2*1-11(21)26-14-5-7-18(8-6-14)10-12-3-4-13(20)9-15(12)19(18)16(25)24(2)17(22)23-19;1-11-5-7-17(8-6-11)10-12-3-4-13(19)9-14(12)18(17)15(23)22(2)16(20)21-18/h7-8,13,15-16,19H,3-4,9-12,14H2,1-2H3,(H2,26,27);2*3-4,9,11,14H,5-8,10H2,1-2H3,(H2,22,23);3-4,9,11H,5-8,10H2,1-2H3,(H2,20,21). The minimum Gasteiger partial charge on any atom is -0.369 e. The molecular weight excluding hydrogens is 1540 g/mol. The summed E-state index contributed by atoms with van der Waals surface area (Å²) in [4.78, 5) is 78.8. The van der Waals surface area contributed by atoms with E-state index >= 15 is 0 Å². The number of ether oxygens (including phenoxy) is 3. The molecule has 0 bridgehead atoms. The molecule has 4 amide bonds. The van der Waals surface area contributed by atoms with Crippen molar-refractivity contribution in [1.82, 2.24) is 19.6 Å². The van der Waals surface area contributed by atoms with Gasteiger partial charge in [-0.2, -0.15) is 0 Å². The monoisotopic (exact) mass is 1630 g/mol. The van der Waals surface area contributed by atoms with Crippen LogP contribution in [0.25, 0.3) is 0 Å². The van der Waals surface area contributed by atoms with Crippen molar-refractivity contribution in [2.45, 2.75) is 228 Å². The zero-order chi connectivity index (χ0) is 74.9. The van der Waals surface area contributed by atoms with Crippen LogP contribution in [0.4, 0.5) is 13.2 Å². The van der Waals surface area contributed by atoms with Gasteiger partial charge in [-0.25, -0.2) is 33.1 Å². The van der Waals surface area contributed by atoms with Crippen molar-refractivity contribution in [1.29, 1.82) is 0 Å². The summed E-state index contributed by atoms with van der Waals surface area (Å²) < 4.78 is 58.9. The normalized spacial score (nSPS) is 34.5. The number of nitrogens with two attached hydrogens (primary N) is 4. The smallest absolute Gasteiger partial charge is 0.262 e. The van der Waals surface area contributed by atoms with E-state index in [1.807, 2.05) is 24.3 Å². The van der Waals surface area contributed by atoms with Gasteiger partial charge in [0, 0.05) is 74.8 Å². The average Bonchev–Trinajstić information content (AvgIpc) is 1.55. The van der Waals surface area contributed by atoms with Crippen LogP contribution in [0.3, 0.4) is 0 Å². The van der Waals surface area contributed by atoms with Crippen LogP contribution in [0.5, 0.6) is 0 Å². The number of benzene rings is 4. The molecule has 25 heteroatoms. The Labute approximate surface area is 638 Å². The molecule has 4 aromatic rings. The molecular formula is C80H96Br3F3N12O7. The fourth-order valence-electron chi connectivity index (χ4n) is 20.5. The summed E-state index contributed by atoms with van der Waals surface area (Å²) >= 11 is 10.6. The number of nitrogens with zero attached hydrogens (tertiary/aromatic N) is 8. The molecule has 8 N–H and O–H groups in total. The number of likely N-dealkylation sites (N-methyl/N-ethyl adjacent to an activating group) is 4. The molecule has 4 aromatic carbocycles. The van der Waals surface area contributed by atoms with E-state index in [4.69, 9.17) is 57.1 Å². The lowest BCUT2D eigenvalue weighted by molar-refractivity contribution is -0.140. The van der Waals surface area contributed by atoms with Crippen molar-refractivity contribution in [2.24, 2.45) is 76.4 Å². The number of hydrogen-bond donors (Lipinski definition) is 4. The third-order valence-corrected chi connectivity index (χ3v) is 27.5. The topological polar surface area (TPSA) is 262 Å². The Morgan fingerprint density at radius 1 is 0.419 bits per heavy atom. The van der Waals surface area contributed by atoms with Crippen molar-refractivity contribution < 1.29 is 46.6 Å². The van der Waals surface area contributed by atoms with Gasteiger partial charge in [-0.15, -0.1) is 0 Å². The van der Waals surface area contributed by atoms with E-state index in [0.29, 0.717) is 24.7 Å². The second-order valence-electron chi connectivity index (χ2n) is 32.1. The van der Waals surface area contributed by atoms with Gasteiger partial charge in [0.15, 0.2) is 65.1 Å². The van der Waals surface area contributed by atoms with Crippen molar-refractivity contribution in [2.75, 3.05) is 28.2 Å². The predicted molar refractivity (Wildman–Crippen MR) is 407 cm³/mol. The summed E-state index contributed by atoms with van der Waals surface area (Å²) in [6.07, 6.45) is 14.7. The Kier molecular flexibility index (Phi) is 19.9. The zero-order valence-corrected chi connectivity index (χ0v) is 65.9. The molecule has 7 unspecified atom stereocenters. The summed E-state index contributed by atoms with van der Waals surface area (Å²) in [5.74, 6) is 8.81. The van der Waals surface area contributed by atoms with Gasteiger partial charge in [0.1, 0.15) is 0 Å². The van der Waals surface area contributed by atoms with E-state index in [1.54, 1.807) is 28.2 Å². The number of halogens is 6. The fraction of sp³-hybridized carbons (Fsp3) is 0.575. The lowest BCUT2D eigenvalue weighted by Crippen LogP contribution is -2.51. The molecule has 8 spiro atoms. The van der Waals surface area contributed by atoms with Crippen molar-refractivity contribution in [3.05, 3.63) is 136 Å². The largest absolute Gasteiger partial charge is 0.369 e. The molecule has 4 aliphatic heterocycles. The number of rotatable bonds is 6. The first-order valence-electron chi connectivity index (χ1n) is 37.3. The van der Waals surface area contributed by atoms with Gasteiger partial charge >= 0.3 is 0 Å². The first-order chi connectivity index (χ1) is 49.8. The second kappa shape index (κ2) is 27.8. The molecule has 17 rings (SSSR count). The van der Waals surface area contributed by atoms with Gasteiger partial charge in [0.2, 0.25) is 0 Å². The number of guanidine groups is 4. The third-order valence-electron chi connectivity index (χ3n) is 26.1. The summed E-state index contributed by atoms with van der Waals surface area (Å²) in [5.41, 5.74) is 29.0. The number of alkyl halides is 3. The summed E-state index contributed by atoms with van der Waals surface area (Å²) in [6, 6.07) is 24.6. The number of carbonyl (C=O) groups excluding carboxylic acids is 4. The molecule has 13 aliphatic rings. The van der Waals surface area contributed by atoms with Crippen LogP contribution in [0.15, 0.2) is 106 Å². The molecule has 560 valence electrons. The summed E-state index contributed by atoms with van der Waals surface area (Å²) in [6.45, 7) is 6.55. The molecule has 0 radical (unpaired) electrons. The fourth-order valence-corrected chi connectivity index (χ4v) is 21.6. The molecule has 7 atom stereocenters. The number of amides is 4. The van der Waals surface area contributed by atoms with Crippen molar-refractivity contribution in [3.8, 4) is 11.8 Å². The minimum absolute atomic E-state index is 0.0430. The molecule has 5 saturated carbocycles. The van der Waals surface area contributed by atoms with E-state index in [2.05, 4.69) is 115 Å². The second-order valence-corrected chi connectivity index (χ2v) is 34.9. The molecule has 9 aliphatic carbocycles. The van der Waals surface area contributed by atoms with Crippen LogP contribution in [-0.2, 0) is 81.2 Å². The van der Waals surface area contributed by atoms with E-state index in [-0.39, 0.29) is 81.5 Å². The first-order valence-corrected chi connectivity index (χ1v) is 39.6. The average molecular weight is 1630 g/mol. The predicted octanol–water partition coefficient (Wildman–Crippen LogP) is 12.9. The SMILES string of the molecule is CC(F)OC1CCC2(CC1)Cc1ccc(Br)cc1C21N=C(N)N(C)C1=O.CC(F)OC1CCC2(CC1)Cc1ccc(Br)cc1C21N=C(N)N(C)C1=O.CC(F)OC1CCC2(CC1)Cc1ccc(C#CC3CC3)cc1C21N=C(N)N(C)C1=O.CC1CCC2(CC1)Cc1ccc(Br)cc1C21N=C(N)N(C)C1=O. The lowest BCUT2D eigenvalue weighted by Gasteiger charge is -2.45. The Hall–Kier alpha value is -6.69. The number of carbonyl (C=O) groups is 4. The quantitative estimate of drug-likeness (QED) is 0.132. The zero-order valence-electron chi connectivity index (χ0n) is 61.1. The Morgan fingerprint density at radius 2 is 0.676 bits per heavy atom. The van der Waals surface area contributed by atoms with Crippen molar-refractivity contribution in [3.63, 3.8) is 0 Å². The van der Waals surface area contributed by atoms with E-state index in [0.717, 1.165) is 179 Å². The van der Waals surface area contributed by atoms with E-state index in [9.17, 15) is 32.3 Å². The summed E-state index contributed by atoms with van der Waals surface area (Å²) in [5, 5.41) is 0. The van der Waals surface area contributed by atoms with Gasteiger partial charge < -0.3 is 37.1 Å². The van der Waals surface area contributed by atoms with E-state index in [1.165, 1.54) is 58.8 Å². The highest BCUT2D eigenvalue weighted by Crippen LogP contribution is 2.67. The Balaban J connectivity index is 0.000000118. The molecule has 0 saturated heterocycles. The van der Waals surface area contributed by atoms with Crippen LogP contribution >= 0.6 is 47.8 Å². The molecule has 105 heavy (non-hydrogen) atoms. The molecule has 0 aromatic heterocycles. The van der Waals surface area contributed by atoms with Gasteiger partial charge in [0.05, 0.1) is 18.3 Å². The highest BCUT2D eigenvalue weighted by molar-refractivity contribution is 9.11. The van der Waals surface area contributed by atoms with Crippen LogP contribution < -0.4 is 22.9 Å². The van der Waals surface area contributed by atoms with Gasteiger partial charge in [-0.1, -0.05) is 104 Å². The van der Waals surface area contributed by atoms with Gasteiger partial charge in [0.25, 0.3) is 23.6 Å². The minimum atomic E-state index is -1.28. The molecule has 5 fully saturated rings. The molecule has 19 nitrogen and oxygen atoms in total. The highest BCUT2D eigenvalue weighted by Gasteiger charge is 2.70. The number of fused-ring (bicyclic) bond motifs is 12. The number of hydrogen-bond acceptors (Lipinski definition) is 15. The van der Waals surface area contributed by atoms with Crippen molar-refractivity contribution >= 4 is 95.3 Å². The first kappa shape index (κ1) is 75.1. The lowest BCUT2D eigenvalue weighted by atomic mass is 9.60. The Morgan fingerprint density at radius 3 is 0.924 bits per heavy atom. The van der Waals surface area contributed by atoms with Crippen LogP contribution in [0.1, 0.15) is 193 Å². The maximum Gasteiger partial charge on any atom is 0.262 e. The maximum absolute atomic E-state index is 13.6. The maximum atomic E-state index is 13.6. The van der Waals surface area contributed by atoms with Crippen LogP contribution in [0, 0.1) is 45.3 Å². The number of aliphatic imine (C=N–C) groups is 4. The highest BCUT2D eigenvalue weighted by atomic mass is 79.9.